The molecular weight excluding hydrogens is 684 g/mol. The second-order valence-corrected chi connectivity index (χ2v) is 13.0. The van der Waals surface area contributed by atoms with Crippen LogP contribution >= 0.6 is 0 Å². The van der Waals surface area contributed by atoms with Crippen molar-refractivity contribution in [1.29, 1.82) is 0 Å². The van der Waals surface area contributed by atoms with Gasteiger partial charge in [-0.05, 0) is 26.5 Å². The number of aryl methyl sites for hydroxylation is 2. The Morgan fingerprint density at radius 2 is 1.04 bits per heavy atom. The summed E-state index contributed by atoms with van der Waals surface area (Å²) in [6.45, 7) is 12.1. The van der Waals surface area contributed by atoms with Gasteiger partial charge in [0.15, 0.2) is 0 Å². The molecule has 0 nitrogen and oxygen atoms in total. The maximum atomic E-state index is 3.60. The SMILES string of the molecule is C[CH-]CCC(=[SiH2])c1ccccc1.Cc1cc2c(-c3ccccc3)cccc2[cH-]1.Cc1cc2c(-c3ccccc3)cccc2[cH-]1.[CH2-]CCC.[Zr+4]. The van der Waals surface area contributed by atoms with Gasteiger partial charge in [-0.3, -0.25) is 0 Å². The first-order valence-electron chi connectivity index (χ1n) is 17.2. The largest absolute Gasteiger partial charge is 4.00 e. The molecule has 7 aromatic rings. The molecule has 0 saturated carbocycles. The second kappa shape index (κ2) is 21.4. The summed E-state index contributed by atoms with van der Waals surface area (Å²) in [7, 11) is 2.00. The molecule has 0 N–H and O–H groups in total. The molecule has 0 aliphatic heterocycles. The van der Waals surface area contributed by atoms with E-state index in [0.717, 1.165) is 6.42 Å². The van der Waals surface area contributed by atoms with E-state index in [1.807, 2.05) is 9.85 Å². The molecular formula is C47H50SiZr. The van der Waals surface area contributed by atoms with Gasteiger partial charge < -0.3 is 13.3 Å². The van der Waals surface area contributed by atoms with Gasteiger partial charge in [0, 0.05) is 0 Å². The van der Waals surface area contributed by atoms with Gasteiger partial charge in [-0.15, -0.1) is 69.1 Å². The van der Waals surface area contributed by atoms with E-state index < -0.39 is 0 Å². The first kappa shape index (κ1) is 39.7. The van der Waals surface area contributed by atoms with Crippen LogP contribution in [0.3, 0.4) is 0 Å². The van der Waals surface area contributed by atoms with Gasteiger partial charge in [0.1, 0.15) is 0 Å². The maximum absolute atomic E-state index is 3.60. The summed E-state index contributed by atoms with van der Waals surface area (Å²) in [5.41, 5.74) is 9.28. The summed E-state index contributed by atoms with van der Waals surface area (Å²) in [4.78, 5) is 0. The van der Waals surface area contributed by atoms with Crippen LogP contribution < -0.4 is 0 Å². The van der Waals surface area contributed by atoms with Crippen molar-refractivity contribution in [2.45, 2.75) is 53.4 Å². The summed E-state index contributed by atoms with van der Waals surface area (Å²) in [5.74, 6) is 0. The van der Waals surface area contributed by atoms with E-state index in [9.17, 15) is 0 Å². The van der Waals surface area contributed by atoms with Crippen LogP contribution in [0.2, 0.25) is 0 Å². The molecule has 0 aromatic heterocycles. The van der Waals surface area contributed by atoms with E-state index in [-0.39, 0.29) is 26.2 Å². The topological polar surface area (TPSA) is 0 Å². The summed E-state index contributed by atoms with van der Waals surface area (Å²) >= 11 is 0. The normalized spacial score (nSPS) is 10.1. The minimum Gasteiger partial charge on any atom is -0.343 e. The monoisotopic (exact) mass is 732 g/mol. The average molecular weight is 734 g/mol. The van der Waals surface area contributed by atoms with Crippen molar-refractivity contribution in [3.05, 3.63) is 182 Å². The number of hydrogen-bond donors (Lipinski definition) is 0. The molecule has 0 unspecified atom stereocenters. The molecule has 0 aliphatic carbocycles. The van der Waals surface area contributed by atoms with E-state index in [2.05, 4.69) is 193 Å². The summed E-state index contributed by atoms with van der Waals surface area (Å²) in [6, 6.07) is 53.7. The van der Waals surface area contributed by atoms with Gasteiger partial charge >= 0.3 is 26.2 Å². The van der Waals surface area contributed by atoms with Crippen LogP contribution in [0.1, 0.15) is 56.2 Å². The molecule has 0 heterocycles. The van der Waals surface area contributed by atoms with E-state index in [1.165, 1.54) is 84.9 Å². The molecule has 7 aromatic carbocycles. The van der Waals surface area contributed by atoms with E-state index in [0.29, 0.717) is 0 Å². The maximum Gasteiger partial charge on any atom is 4.00 e. The molecule has 0 atom stereocenters. The molecule has 2 heteroatoms. The fourth-order valence-electron chi connectivity index (χ4n) is 5.64. The molecule has 246 valence electrons. The quantitative estimate of drug-likeness (QED) is 0.113. The minimum atomic E-state index is 0. The van der Waals surface area contributed by atoms with Gasteiger partial charge in [0.2, 0.25) is 0 Å². The number of benzene rings is 5. The Morgan fingerprint density at radius 1 is 0.633 bits per heavy atom. The van der Waals surface area contributed by atoms with Crippen molar-refractivity contribution in [1.82, 2.24) is 0 Å². The van der Waals surface area contributed by atoms with Gasteiger partial charge in [-0.1, -0.05) is 153 Å². The Balaban J connectivity index is 0.000000189. The molecule has 0 saturated heterocycles. The zero-order chi connectivity index (χ0) is 34.1. The zero-order valence-electron chi connectivity index (χ0n) is 29.8. The third-order valence-corrected chi connectivity index (χ3v) is 8.99. The zero-order valence-corrected chi connectivity index (χ0v) is 33.6. The Bertz CT molecular complexity index is 1830. The second-order valence-electron chi connectivity index (χ2n) is 12.2. The van der Waals surface area contributed by atoms with Crippen molar-refractivity contribution >= 4 is 36.6 Å². The Kier molecular flexibility index (Phi) is 17.3. The fourth-order valence-corrected chi connectivity index (χ4v) is 6.08. The van der Waals surface area contributed by atoms with Crippen LogP contribution in [-0.4, -0.2) is 15.0 Å². The predicted octanol–water partition coefficient (Wildman–Crippen LogP) is 12.5. The molecule has 0 aliphatic rings. The van der Waals surface area contributed by atoms with E-state index in [4.69, 9.17) is 0 Å². The van der Waals surface area contributed by atoms with Crippen LogP contribution in [-0.2, 0) is 26.2 Å². The Hall–Kier alpha value is -3.71. The summed E-state index contributed by atoms with van der Waals surface area (Å²) in [6.07, 6.45) is 6.88. The first-order chi connectivity index (χ1) is 23.4. The average Bonchev–Trinajstić information content (AvgIpc) is 3.73. The minimum absolute atomic E-state index is 0. The number of hydrogen-bond acceptors (Lipinski definition) is 0. The van der Waals surface area contributed by atoms with E-state index in [1.54, 1.807) is 0 Å². The standard InChI is InChI=1S/2C16H13.C11H15Si.C4H9.Zr/c2*1-12-10-14-8-5-9-15(16(14)11-12)13-6-3-2-4-7-13;1-2-3-9-11(12)10-7-5-4-6-8-10;1-3-4-2;/h2*2-11H,1H3;2,4-8H,3,9,12H2,1H3;1,3-4H2,2H3;/q4*-1;+4. The Morgan fingerprint density at radius 3 is 1.43 bits per heavy atom. The van der Waals surface area contributed by atoms with Crippen molar-refractivity contribution in [2.75, 3.05) is 0 Å². The molecule has 0 spiro atoms. The Labute approximate surface area is 318 Å². The van der Waals surface area contributed by atoms with Crippen LogP contribution in [0.25, 0.3) is 43.8 Å². The molecule has 7 rings (SSSR count). The molecule has 0 fully saturated rings. The van der Waals surface area contributed by atoms with Crippen molar-refractivity contribution in [3.8, 4) is 22.3 Å². The van der Waals surface area contributed by atoms with Gasteiger partial charge in [-0.25, -0.2) is 0 Å². The van der Waals surface area contributed by atoms with Crippen LogP contribution in [0.5, 0.6) is 0 Å². The third-order valence-electron chi connectivity index (χ3n) is 8.23. The molecule has 49 heavy (non-hydrogen) atoms. The van der Waals surface area contributed by atoms with E-state index >= 15 is 0 Å². The van der Waals surface area contributed by atoms with Crippen molar-refractivity contribution in [2.24, 2.45) is 0 Å². The molecule has 0 bridgehead atoms. The van der Waals surface area contributed by atoms with Crippen molar-refractivity contribution in [3.63, 3.8) is 0 Å². The van der Waals surface area contributed by atoms with Crippen LogP contribution in [0.4, 0.5) is 0 Å². The molecule has 0 radical (unpaired) electrons. The van der Waals surface area contributed by atoms with Crippen molar-refractivity contribution < 1.29 is 26.2 Å². The van der Waals surface area contributed by atoms with Crippen LogP contribution in [0, 0.1) is 27.2 Å². The van der Waals surface area contributed by atoms with Gasteiger partial charge in [0.25, 0.3) is 0 Å². The first-order valence-corrected chi connectivity index (χ1v) is 17.9. The fraction of sp³-hybridized carbons (Fsp3) is 0.170. The summed E-state index contributed by atoms with van der Waals surface area (Å²) in [5, 5.41) is 6.88. The number of fused-ring (bicyclic) bond motifs is 2. The van der Waals surface area contributed by atoms with Gasteiger partial charge in [0.05, 0.1) is 0 Å². The number of rotatable bonds is 7. The third kappa shape index (κ3) is 12.0. The smallest absolute Gasteiger partial charge is 0.343 e. The number of unbranched alkanes of at least 4 members (excludes halogenated alkanes) is 2. The van der Waals surface area contributed by atoms with Gasteiger partial charge in [-0.2, -0.15) is 31.9 Å². The predicted molar refractivity (Wildman–Crippen MR) is 218 cm³/mol. The van der Waals surface area contributed by atoms with Crippen LogP contribution in [0.15, 0.2) is 152 Å². The summed E-state index contributed by atoms with van der Waals surface area (Å²) < 4.78 is 0. The molecule has 0 amide bonds.